The highest BCUT2D eigenvalue weighted by atomic mass is 32.2. The zero-order chi connectivity index (χ0) is 30.7. The predicted molar refractivity (Wildman–Crippen MR) is 157 cm³/mol. The van der Waals surface area contributed by atoms with E-state index in [0.29, 0.717) is 29.8 Å². The minimum absolute atomic E-state index is 0.00246. The maximum Gasteiger partial charge on any atom is 0.391 e. The minimum atomic E-state index is -4.13. The Kier molecular flexibility index (Phi) is 9.99. The number of amides is 1. The number of nitrogens with one attached hydrogen (secondary N) is 1. The molecule has 0 bridgehead atoms. The highest BCUT2D eigenvalue weighted by molar-refractivity contribution is 7.91. The fraction of sp³-hybridized carbons (Fsp3) is 0.516. The van der Waals surface area contributed by atoms with Crippen LogP contribution in [0.25, 0.3) is 0 Å². The molecule has 228 valence electrons. The van der Waals surface area contributed by atoms with Gasteiger partial charge in [0.05, 0.1) is 53.4 Å². The largest absolute Gasteiger partial charge is 0.505 e. The van der Waals surface area contributed by atoms with Crippen LogP contribution in [0.4, 0.5) is 13.2 Å². The zero-order valence-electron chi connectivity index (χ0n) is 24.2. The quantitative estimate of drug-likeness (QED) is 0.253. The normalized spacial score (nSPS) is 21.6. The number of halogens is 3. The SMILES string of the molecule is CCS(=O)(=O)c1ccc([C@H](/C=C/OC)NC(=O)c2cc3c(s2)[C@H](C(C)C)N(C#C[C@H]2CC[C@H](C(F)(F)F)CC2)C3)cc1. The van der Waals surface area contributed by atoms with Crippen molar-refractivity contribution in [2.45, 2.75) is 76.2 Å². The van der Waals surface area contributed by atoms with Crippen LogP contribution in [0.2, 0.25) is 0 Å². The molecule has 1 aliphatic carbocycles. The van der Waals surface area contributed by atoms with E-state index >= 15 is 0 Å². The van der Waals surface area contributed by atoms with E-state index in [4.69, 9.17) is 4.74 Å². The van der Waals surface area contributed by atoms with Crippen LogP contribution in [0.3, 0.4) is 0 Å². The van der Waals surface area contributed by atoms with Crippen molar-refractivity contribution in [2.75, 3.05) is 12.9 Å². The van der Waals surface area contributed by atoms with Crippen molar-refractivity contribution in [1.29, 1.82) is 0 Å². The molecule has 0 radical (unpaired) electrons. The number of fused-ring (bicyclic) bond motifs is 1. The second kappa shape index (κ2) is 13.1. The molecular formula is C31H37F3N2O4S2. The van der Waals surface area contributed by atoms with Gasteiger partial charge in [0.15, 0.2) is 9.84 Å². The number of ether oxygens (including phenoxy) is 1. The molecule has 1 aliphatic heterocycles. The van der Waals surface area contributed by atoms with Gasteiger partial charge in [-0.3, -0.25) is 4.79 Å². The third-order valence-corrected chi connectivity index (χ3v) is 10.9. The van der Waals surface area contributed by atoms with Gasteiger partial charge < -0.3 is 15.0 Å². The minimum Gasteiger partial charge on any atom is -0.505 e. The van der Waals surface area contributed by atoms with Crippen molar-refractivity contribution >= 4 is 27.1 Å². The molecule has 1 amide bonds. The first-order chi connectivity index (χ1) is 19.8. The molecule has 1 aromatic carbocycles. The maximum atomic E-state index is 13.4. The van der Waals surface area contributed by atoms with Crippen LogP contribution >= 0.6 is 11.3 Å². The summed E-state index contributed by atoms with van der Waals surface area (Å²) >= 11 is 1.42. The van der Waals surface area contributed by atoms with E-state index in [9.17, 15) is 26.4 Å². The van der Waals surface area contributed by atoms with E-state index in [2.05, 4.69) is 36.0 Å². The Morgan fingerprint density at radius 2 is 1.86 bits per heavy atom. The number of alkyl halides is 3. The summed E-state index contributed by atoms with van der Waals surface area (Å²) in [4.78, 5) is 17.3. The number of carbonyl (C=O) groups excluding carboxylic acids is 1. The summed E-state index contributed by atoms with van der Waals surface area (Å²) in [5.74, 6) is 1.94. The van der Waals surface area contributed by atoms with Crippen LogP contribution < -0.4 is 5.32 Å². The lowest BCUT2D eigenvalue weighted by Crippen LogP contribution is -2.27. The number of carbonyl (C=O) groups is 1. The summed E-state index contributed by atoms with van der Waals surface area (Å²) in [7, 11) is -1.84. The van der Waals surface area contributed by atoms with Gasteiger partial charge in [0.2, 0.25) is 0 Å². The number of methoxy groups -OCH3 is 1. The van der Waals surface area contributed by atoms with E-state index in [-0.39, 0.29) is 47.3 Å². The molecule has 0 saturated heterocycles. The predicted octanol–water partition coefficient (Wildman–Crippen LogP) is 7.02. The van der Waals surface area contributed by atoms with Gasteiger partial charge in [0, 0.05) is 16.8 Å². The van der Waals surface area contributed by atoms with Gasteiger partial charge >= 0.3 is 6.18 Å². The van der Waals surface area contributed by atoms with E-state index in [0.717, 1.165) is 10.4 Å². The van der Waals surface area contributed by atoms with Gasteiger partial charge in [-0.2, -0.15) is 13.2 Å². The van der Waals surface area contributed by atoms with E-state index in [1.54, 1.807) is 37.3 Å². The Hall–Kier alpha value is -2.97. The van der Waals surface area contributed by atoms with Gasteiger partial charge in [-0.1, -0.05) is 38.8 Å². The lowest BCUT2D eigenvalue weighted by atomic mass is 9.82. The molecule has 2 aliphatic rings. The van der Waals surface area contributed by atoms with Crippen molar-refractivity contribution in [3.63, 3.8) is 0 Å². The average molecular weight is 623 g/mol. The lowest BCUT2D eigenvalue weighted by Gasteiger charge is -2.28. The topological polar surface area (TPSA) is 75.7 Å². The smallest absolute Gasteiger partial charge is 0.391 e. The van der Waals surface area contributed by atoms with Crippen molar-refractivity contribution in [2.24, 2.45) is 17.8 Å². The molecule has 1 aromatic heterocycles. The van der Waals surface area contributed by atoms with Gasteiger partial charge in [-0.05, 0) is 67.0 Å². The number of rotatable bonds is 8. The zero-order valence-corrected chi connectivity index (χ0v) is 25.8. The summed E-state index contributed by atoms with van der Waals surface area (Å²) in [6, 6.07) is 11.0. The molecule has 1 N–H and O–H groups in total. The molecule has 4 rings (SSSR count). The second-order valence-corrected chi connectivity index (χ2v) is 14.5. The number of hydrogen-bond acceptors (Lipinski definition) is 6. The van der Waals surface area contributed by atoms with Gasteiger partial charge in [0.25, 0.3) is 5.91 Å². The maximum absolute atomic E-state index is 13.4. The summed E-state index contributed by atoms with van der Waals surface area (Å²) < 4.78 is 68.5. The number of thiophene rings is 1. The summed E-state index contributed by atoms with van der Waals surface area (Å²) in [5.41, 5.74) is 1.73. The molecule has 6 nitrogen and oxygen atoms in total. The summed E-state index contributed by atoms with van der Waals surface area (Å²) in [6.07, 6.45) is 0.209. The van der Waals surface area contributed by atoms with Crippen molar-refractivity contribution in [3.05, 3.63) is 63.6 Å². The monoisotopic (exact) mass is 622 g/mol. The lowest BCUT2D eigenvalue weighted by molar-refractivity contribution is -0.183. The van der Waals surface area contributed by atoms with E-state index in [1.807, 2.05) is 6.07 Å². The fourth-order valence-electron chi connectivity index (χ4n) is 5.52. The van der Waals surface area contributed by atoms with Gasteiger partial charge in [-0.25, -0.2) is 8.42 Å². The molecule has 11 heteroatoms. The van der Waals surface area contributed by atoms with Crippen LogP contribution in [0.1, 0.15) is 84.2 Å². The van der Waals surface area contributed by atoms with Gasteiger partial charge in [-0.15, -0.1) is 11.3 Å². The first kappa shape index (κ1) is 32.0. The van der Waals surface area contributed by atoms with Crippen molar-refractivity contribution in [3.8, 4) is 12.0 Å². The third kappa shape index (κ3) is 7.32. The number of hydrogen-bond donors (Lipinski definition) is 1. The molecule has 2 aromatic rings. The number of sulfone groups is 1. The van der Waals surface area contributed by atoms with Crippen LogP contribution in [0.15, 0.2) is 47.6 Å². The fourth-order valence-corrected chi connectivity index (χ4v) is 7.77. The standard InChI is InChI=1S/C31H37F3N2O4S2/c1-5-42(38,39)25-12-8-22(9-13-25)26(15-17-40-4)35-30(37)27-18-23-19-36(28(20(2)3)29(23)41-27)16-14-21-6-10-24(11-7-21)31(32,33)34/h8-9,12-13,15,17-18,20-21,24,26,28H,5-7,10-11,19H2,1-4H3,(H,35,37)/b17-15+/t21-,24-,26-,28-/m0/s1. The first-order valence-corrected chi connectivity index (χ1v) is 16.6. The molecule has 42 heavy (non-hydrogen) atoms. The van der Waals surface area contributed by atoms with E-state index in [1.165, 1.54) is 24.7 Å². The molecule has 1 fully saturated rings. The summed E-state index contributed by atoms with van der Waals surface area (Å²) in [5, 5.41) is 3.02. The van der Waals surface area contributed by atoms with Crippen molar-refractivity contribution < 1.29 is 31.1 Å². The van der Waals surface area contributed by atoms with Crippen LogP contribution in [-0.2, 0) is 21.1 Å². The molecule has 2 atom stereocenters. The average Bonchev–Trinajstić information content (AvgIpc) is 3.51. The number of nitrogens with zero attached hydrogens (tertiary/aromatic N) is 1. The molecule has 0 unspecified atom stereocenters. The molecule has 0 spiro atoms. The second-order valence-electron chi connectivity index (χ2n) is 11.2. The Balaban J connectivity index is 1.47. The molecular weight excluding hydrogens is 585 g/mol. The number of benzene rings is 1. The summed E-state index contributed by atoms with van der Waals surface area (Å²) in [6.45, 7) is 6.33. The Morgan fingerprint density at radius 1 is 1.19 bits per heavy atom. The van der Waals surface area contributed by atoms with Crippen LogP contribution in [-0.4, -0.2) is 38.3 Å². The first-order valence-electron chi connectivity index (χ1n) is 14.1. The van der Waals surface area contributed by atoms with Crippen molar-refractivity contribution in [1.82, 2.24) is 10.2 Å². The van der Waals surface area contributed by atoms with Crippen LogP contribution in [0, 0.1) is 29.7 Å². The Bertz CT molecular complexity index is 1450. The molecule has 1 saturated carbocycles. The highest BCUT2D eigenvalue weighted by Crippen LogP contribution is 2.44. The highest BCUT2D eigenvalue weighted by Gasteiger charge is 2.41. The Labute approximate surface area is 250 Å². The Morgan fingerprint density at radius 3 is 2.43 bits per heavy atom. The van der Waals surface area contributed by atoms with Gasteiger partial charge in [0.1, 0.15) is 0 Å². The molecule has 2 heterocycles. The van der Waals surface area contributed by atoms with E-state index < -0.39 is 28.0 Å². The third-order valence-electron chi connectivity index (χ3n) is 7.92. The van der Waals surface area contributed by atoms with Crippen LogP contribution in [0.5, 0.6) is 0 Å².